The molecule has 5 heteroatoms. The fraction of sp³-hybridized carbons (Fsp3) is 0.765. The van der Waals surface area contributed by atoms with E-state index in [0.29, 0.717) is 5.56 Å². The molecule has 1 aliphatic carbocycles. The van der Waals surface area contributed by atoms with Crippen molar-refractivity contribution < 1.29 is 0 Å². The van der Waals surface area contributed by atoms with Crippen LogP contribution >= 0.6 is 0 Å². The number of aromatic nitrogens is 2. The summed E-state index contributed by atoms with van der Waals surface area (Å²) in [5, 5.41) is 0. The number of aryl methyl sites for hydroxylation is 1. The molecule has 3 rings (SSSR count). The second-order valence-corrected chi connectivity index (χ2v) is 7.01. The van der Waals surface area contributed by atoms with Crippen LogP contribution in [-0.2, 0) is 0 Å². The zero-order valence-electron chi connectivity index (χ0n) is 13.5. The van der Waals surface area contributed by atoms with Crippen molar-refractivity contribution in [3.63, 3.8) is 0 Å². The fourth-order valence-electron chi connectivity index (χ4n) is 3.97. The van der Waals surface area contributed by atoms with Gasteiger partial charge in [-0.15, -0.1) is 0 Å². The third-order valence-corrected chi connectivity index (χ3v) is 5.34. The fourth-order valence-corrected chi connectivity index (χ4v) is 3.97. The van der Waals surface area contributed by atoms with Crippen LogP contribution in [0.25, 0.3) is 0 Å². The number of hydrogen-bond acceptors (Lipinski definition) is 3. The summed E-state index contributed by atoms with van der Waals surface area (Å²) in [6.07, 6.45) is 10.7. The van der Waals surface area contributed by atoms with Gasteiger partial charge in [0.15, 0.2) is 0 Å². The van der Waals surface area contributed by atoms with Gasteiger partial charge >= 0.3 is 5.69 Å². The lowest BCUT2D eigenvalue weighted by atomic mass is 9.88. The average Bonchev–Trinajstić information content (AvgIpc) is 2.53. The molecule has 1 saturated carbocycles. The number of rotatable bonds is 3. The zero-order chi connectivity index (χ0) is 15.5. The lowest BCUT2D eigenvalue weighted by Gasteiger charge is -2.35. The molecular formula is C17H27N3O2. The van der Waals surface area contributed by atoms with E-state index in [4.69, 9.17) is 0 Å². The Hall–Kier alpha value is -1.36. The van der Waals surface area contributed by atoms with Crippen molar-refractivity contribution in [2.24, 2.45) is 5.92 Å². The Labute approximate surface area is 131 Å². The van der Waals surface area contributed by atoms with Crippen molar-refractivity contribution >= 4 is 0 Å². The van der Waals surface area contributed by atoms with E-state index in [-0.39, 0.29) is 17.3 Å². The number of hydrogen-bond donors (Lipinski definition) is 1. The normalized spacial score (nSPS) is 22.0. The van der Waals surface area contributed by atoms with Crippen molar-refractivity contribution in [3.8, 4) is 0 Å². The van der Waals surface area contributed by atoms with E-state index < -0.39 is 0 Å². The molecule has 1 aromatic rings. The molecule has 22 heavy (non-hydrogen) atoms. The van der Waals surface area contributed by atoms with Crippen molar-refractivity contribution in [1.82, 2.24) is 14.5 Å². The van der Waals surface area contributed by atoms with Gasteiger partial charge in [-0.2, -0.15) is 0 Å². The summed E-state index contributed by atoms with van der Waals surface area (Å²) in [4.78, 5) is 28.4. The van der Waals surface area contributed by atoms with Gasteiger partial charge < -0.3 is 4.90 Å². The smallest absolute Gasteiger partial charge is 0.303 e. The van der Waals surface area contributed by atoms with Crippen LogP contribution in [0.2, 0.25) is 0 Å². The molecule has 0 unspecified atom stereocenters. The van der Waals surface area contributed by atoms with E-state index in [2.05, 4.69) is 9.88 Å². The van der Waals surface area contributed by atoms with Crippen molar-refractivity contribution in [3.05, 3.63) is 32.6 Å². The molecule has 1 saturated heterocycles. The monoisotopic (exact) mass is 305 g/mol. The van der Waals surface area contributed by atoms with E-state index in [1.54, 1.807) is 17.7 Å². The van der Waals surface area contributed by atoms with Crippen LogP contribution in [-0.4, -0.2) is 34.1 Å². The number of nitrogens with one attached hydrogen (secondary N) is 1. The predicted molar refractivity (Wildman–Crippen MR) is 87.3 cm³/mol. The first-order chi connectivity index (χ1) is 10.6. The molecule has 0 spiro atoms. The van der Waals surface area contributed by atoms with Gasteiger partial charge in [-0.1, -0.05) is 19.3 Å². The molecule has 2 fully saturated rings. The molecule has 0 bridgehead atoms. The van der Waals surface area contributed by atoms with Crippen molar-refractivity contribution in [2.45, 2.75) is 57.9 Å². The largest absolute Gasteiger partial charge is 0.328 e. The lowest BCUT2D eigenvalue weighted by Crippen LogP contribution is -2.41. The standard InChI is InChI=1S/C17H27N3O2/c1-13-11-20(17(22)18-16(13)21)15-7-9-19(10-8-15)12-14-5-3-2-4-6-14/h11,14-15H,2-10,12H2,1H3,(H,18,21,22). The van der Waals surface area contributed by atoms with Gasteiger partial charge in [0, 0.05) is 37.4 Å². The van der Waals surface area contributed by atoms with Gasteiger partial charge in [0.05, 0.1) is 0 Å². The number of aromatic amines is 1. The summed E-state index contributed by atoms with van der Waals surface area (Å²) in [5.74, 6) is 0.878. The zero-order valence-corrected chi connectivity index (χ0v) is 13.5. The average molecular weight is 305 g/mol. The maximum absolute atomic E-state index is 12.0. The van der Waals surface area contributed by atoms with Crippen LogP contribution in [0.3, 0.4) is 0 Å². The Kier molecular flexibility index (Phi) is 4.81. The highest BCUT2D eigenvalue weighted by Crippen LogP contribution is 2.27. The Balaban J connectivity index is 1.58. The van der Waals surface area contributed by atoms with Gasteiger partial charge in [-0.05, 0) is 38.5 Å². The predicted octanol–water partition coefficient (Wildman–Crippen LogP) is 2.06. The Bertz CT molecular complexity index is 605. The molecule has 0 amide bonds. The molecule has 1 aromatic heterocycles. The van der Waals surface area contributed by atoms with Gasteiger partial charge in [-0.3, -0.25) is 14.3 Å². The van der Waals surface area contributed by atoms with E-state index in [1.807, 2.05) is 0 Å². The minimum absolute atomic E-state index is 0.227. The summed E-state index contributed by atoms with van der Waals surface area (Å²) < 4.78 is 1.73. The highest BCUT2D eigenvalue weighted by molar-refractivity contribution is 5.02. The Morgan fingerprint density at radius 2 is 1.77 bits per heavy atom. The van der Waals surface area contributed by atoms with Crippen LogP contribution in [0.15, 0.2) is 15.8 Å². The minimum Gasteiger partial charge on any atom is -0.303 e. The Morgan fingerprint density at radius 3 is 2.45 bits per heavy atom. The molecule has 0 atom stereocenters. The molecule has 5 nitrogen and oxygen atoms in total. The number of H-pyrrole nitrogens is 1. The van der Waals surface area contributed by atoms with Gasteiger partial charge in [0.1, 0.15) is 0 Å². The quantitative estimate of drug-likeness (QED) is 0.930. The first-order valence-corrected chi connectivity index (χ1v) is 8.68. The second kappa shape index (κ2) is 6.82. The maximum Gasteiger partial charge on any atom is 0.328 e. The van der Waals surface area contributed by atoms with E-state index in [9.17, 15) is 9.59 Å². The van der Waals surface area contributed by atoms with E-state index in [0.717, 1.165) is 31.8 Å². The third kappa shape index (κ3) is 3.51. The first-order valence-electron chi connectivity index (χ1n) is 8.68. The number of nitrogens with zero attached hydrogens (tertiary/aromatic N) is 2. The molecule has 2 aliphatic rings. The Morgan fingerprint density at radius 1 is 1.09 bits per heavy atom. The minimum atomic E-state index is -0.268. The van der Waals surface area contributed by atoms with Crippen molar-refractivity contribution in [2.75, 3.05) is 19.6 Å². The van der Waals surface area contributed by atoms with Crippen LogP contribution in [0.4, 0.5) is 0 Å². The van der Waals surface area contributed by atoms with Crippen LogP contribution < -0.4 is 11.2 Å². The third-order valence-electron chi connectivity index (χ3n) is 5.34. The van der Waals surface area contributed by atoms with Crippen LogP contribution in [0, 0.1) is 12.8 Å². The van der Waals surface area contributed by atoms with Gasteiger partial charge in [-0.25, -0.2) is 4.79 Å². The summed E-state index contributed by atoms with van der Waals surface area (Å²) >= 11 is 0. The summed E-state index contributed by atoms with van der Waals surface area (Å²) in [7, 11) is 0. The summed E-state index contributed by atoms with van der Waals surface area (Å²) in [6.45, 7) is 5.11. The van der Waals surface area contributed by atoms with E-state index >= 15 is 0 Å². The van der Waals surface area contributed by atoms with E-state index in [1.165, 1.54) is 38.6 Å². The topological polar surface area (TPSA) is 58.1 Å². The van der Waals surface area contributed by atoms with Crippen LogP contribution in [0.1, 0.15) is 56.6 Å². The molecule has 0 radical (unpaired) electrons. The molecule has 0 aromatic carbocycles. The number of piperidine rings is 1. The maximum atomic E-state index is 12.0. The lowest BCUT2D eigenvalue weighted by molar-refractivity contribution is 0.146. The number of likely N-dealkylation sites (tertiary alicyclic amines) is 1. The molecule has 1 aliphatic heterocycles. The summed E-state index contributed by atoms with van der Waals surface area (Å²) in [6, 6.07) is 0.227. The first kappa shape index (κ1) is 15.5. The second-order valence-electron chi connectivity index (χ2n) is 7.01. The molecule has 2 heterocycles. The summed E-state index contributed by atoms with van der Waals surface area (Å²) in [5.41, 5.74) is 0.0848. The highest BCUT2D eigenvalue weighted by atomic mass is 16.2. The van der Waals surface area contributed by atoms with Gasteiger partial charge in [0.25, 0.3) is 5.56 Å². The van der Waals surface area contributed by atoms with Crippen molar-refractivity contribution in [1.29, 1.82) is 0 Å². The molecule has 122 valence electrons. The highest BCUT2D eigenvalue weighted by Gasteiger charge is 2.24. The SMILES string of the molecule is Cc1cn(C2CCN(CC3CCCCC3)CC2)c(=O)[nH]c1=O. The molecular weight excluding hydrogens is 278 g/mol. The molecule has 1 N–H and O–H groups in total. The van der Waals surface area contributed by atoms with Crippen LogP contribution in [0.5, 0.6) is 0 Å². The van der Waals surface area contributed by atoms with Gasteiger partial charge in [0.2, 0.25) is 0 Å².